The highest BCUT2D eigenvalue weighted by atomic mass is 32.1. The maximum absolute atomic E-state index is 11.7. The van der Waals surface area contributed by atoms with Gasteiger partial charge in [-0.3, -0.25) is 4.79 Å². The normalized spacial score (nSPS) is 19.6. The van der Waals surface area contributed by atoms with Crippen LogP contribution in [0.2, 0.25) is 0 Å². The van der Waals surface area contributed by atoms with Gasteiger partial charge in [0.25, 0.3) is 5.91 Å². The van der Waals surface area contributed by atoms with Crippen molar-refractivity contribution < 1.29 is 9.53 Å². The Morgan fingerprint density at radius 2 is 2.25 bits per heavy atom. The first-order chi connectivity index (χ1) is 7.54. The minimum absolute atomic E-state index is 0.181. The Kier molecular flexibility index (Phi) is 2.55. The van der Waals surface area contributed by atoms with Gasteiger partial charge in [0.2, 0.25) is 5.88 Å². The van der Waals surface area contributed by atoms with Crippen LogP contribution in [0, 0.1) is 6.92 Å². The van der Waals surface area contributed by atoms with Crippen LogP contribution in [0.3, 0.4) is 0 Å². The summed E-state index contributed by atoms with van der Waals surface area (Å²) in [6, 6.07) is -0.517. The fourth-order valence-electron chi connectivity index (χ4n) is 1.85. The lowest BCUT2D eigenvalue weighted by atomic mass is 10.1. The molecule has 0 saturated carbocycles. The standard InChI is InChI=1S/C9H12N4O2S/c1-4-5(8(15-3)13(2)12-4)6-7(14)11-9(16)10-6/h6H,1-3H3,(H2,10,11,14,16). The van der Waals surface area contributed by atoms with Crippen molar-refractivity contribution in [1.29, 1.82) is 0 Å². The molecule has 1 aromatic heterocycles. The minimum atomic E-state index is -0.517. The number of nitrogens with zero attached hydrogens (tertiary/aromatic N) is 2. The van der Waals surface area contributed by atoms with Crippen LogP contribution in [-0.4, -0.2) is 27.9 Å². The van der Waals surface area contributed by atoms with E-state index in [0.717, 1.165) is 11.3 Å². The van der Waals surface area contributed by atoms with E-state index in [4.69, 9.17) is 17.0 Å². The highest BCUT2D eigenvalue weighted by Gasteiger charge is 2.34. The molecule has 6 nitrogen and oxygen atoms in total. The number of carbonyl (C=O) groups is 1. The van der Waals surface area contributed by atoms with Gasteiger partial charge in [0.05, 0.1) is 18.4 Å². The van der Waals surface area contributed by atoms with Crippen LogP contribution >= 0.6 is 12.2 Å². The topological polar surface area (TPSA) is 68.2 Å². The summed E-state index contributed by atoms with van der Waals surface area (Å²) in [5, 5.41) is 9.98. The molecule has 0 aromatic carbocycles. The molecule has 1 aliphatic heterocycles. The molecule has 1 saturated heterocycles. The molecule has 86 valence electrons. The Morgan fingerprint density at radius 3 is 2.75 bits per heavy atom. The quantitative estimate of drug-likeness (QED) is 0.700. The maximum Gasteiger partial charge on any atom is 0.253 e. The van der Waals surface area contributed by atoms with Crippen LogP contribution in [0.4, 0.5) is 0 Å². The maximum atomic E-state index is 11.7. The van der Waals surface area contributed by atoms with E-state index in [1.54, 1.807) is 18.8 Å². The molecule has 1 aromatic rings. The smallest absolute Gasteiger partial charge is 0.253 e. The summed E-state index contributed by atoms with van der Waals surface area (Å²) in [6.45, 7) is 1.83. The molecule has 2 N–H and O–H groups in total. The van der Waals surface area contributed by atoms with Gasteiger partial charge in [-0.25, -0.2) is 4.68 Å². The zero-order chi connectivity index (χ0) is 11.9. The summed E-state index contributed by atoms with van der Waals surface area (Å²) >= 11 is 4.89. The average Bonchev–Trinajstić information content (AvgIpc) is 2.66. The number of aromatic nitrogens is 2. The van der Waals surface area contributed by atoms with E-state index in [1.165, 1.54) is 0 Å². The van der Waals surface area contributed by atoms with Crippen LogP contribution in [0.5, 0.6) is 5.88 Å². The van der Waals surface area contributed by atoms with Crippen molar-refractivity contribution in [2.75, 3.05) is 7.11 Å². The molecule has 0 aliphatic carbocycles. The molecule has 1 amide bonds. The molecular weight excluding hydrogens is 228 g/mol. The molecule has 0 spiro atoms. The van der Waals surface area contributed by atoms with Gasteiger partial charge >= 0.3 is 0 Å². The molecule has 2 rings (SSSR count). The first-order valence-corrected chi connectivity index (χ1v) is 5.14. The summed E-state index contributed by atoms with van der Waals surface area (Å²) < 4.78 is 6.83. The number of carbonyl (C=O) groups excluding carboxylic acids is 1. The minimum Gasteiger partial charge on any atom is -0.481 e. The largest absolute Gasteiger partial charge is 0.481 e. The molecule has 0 bridgehead atoms. The van der Waals surface area contributed by atoms with Crippen LogP contribution < -0.4 is 15.4 Å². The van der Waals surface area contributed by atoms with Gasteiger partial charge in [-0.05, 0) is 19.1 Å². The zero-order valence-corrected chi connectivity index (χ0v) is 10.0. The number of hydrogen-bond acceptors (Lipinski definition) is 4. The lowest BCUT2D eigenvalue weighted by molar-refractivity contribution is -0.120. The summed E-state index contributed by atoms with van der Waals surface area (Å²) in [5.41, 5.74) is 1.47. The molecule has 7 heteroatoms. The van der Waals surface area contributed by atoms with Crippen molar-refractivity contribution >= 4 is 23.2 Å². The van der Waals surface area contributed by atoms with Crippen molar-refractivity contribution in [3.05, 3.63) is 11.3 Å². The summed E-state index contributed by atoms with van der Waals surface area (Å²) in [4.78, 5) is 11.7. The van der Waals surface area contributed by atoms with Crippen LogP contribution in [0.15, 0.2) is 0 Å². The van der Waals surface area contributed by atoms with Gasteiger partial charge in [-0.2, -0.15) is 5.10 Å². The molecule has 0 radical (unpaired) electrons. The second-order valence-corrected chi connectivity index (χ2v) is 3.94. The van der Waals surface area contributed by atoms with Crippen molar-refractivity contribution in [2.45, 2.75) is 13.0 Å². The van der Waals surface area contributed by atoms with E-state index in [1.807, 2.05) is 6.92 Å². The predicted octanol–water partition coefficient (Wildman–Crippen LogP) is -0.217. The number of aryl methyl sites for hydroxylation is 2. The second kappa shape index (κ2) is 3.75. The number of thiocarbonyl (C=S) groups is 1. The summed E-state index contributed by atoms with van der Waals surface area (Å²) in [7, 11) is 3.31. The zero-order valence-electron chi connectivity index (χ0n) is 9.20. The Morgan fingerprint density at radius 1 is 1.56 bits per heavy atom. The number of methoxy groups -OCH3 is 1. The van der Waals surface area contributed by atoms with Gasteiger partial charge < -0.3 is 15.4 Å². The van der Waals surface area contributed by atoms with E-state index >= 15 is 0 Å². The lowest BCUT2D eigenvalue weighted by Crippen LogP contribution is -2.21. The Hall–Kier alpha value is -1.63. The van der Waals surface area contributed by atoms with Crippen LogP contribution in [0.1, 0.15) is 17.3 Å². The number of rotatable bonds is 2. The Labute approximate surface area is 98.0 Å². The highest BCUT2D eigenvalue weighted by molar-refractivity contribution is 7.80. The van der Waals surface area contributed by atoms with Gasteiger partial charge in [-0.1, -0.05) is 0 Å². The fourth-order valence-corrected chi connectivity index (χ4v) is 2.07. The Bertz CT molecular complexity index is 468. The molecule has 1 unspecified atom stereocenters. The van der Waals surface area contributed by atoms with Crippen molar-refractivity contribution in [1.82, 2.24) is 20.4 Å². The molecule has 16 heavy (non-hydrogen) atoms. The predicted molar refractivity (Wildman–Crippen MR) is 61.1 cm³/mol. The fraction of sp³-hybridized carbons (Fsp3) is 0.444. The third kappa shape index (κ3) is 1.53. The van der Waals surface area contributed by atoms with Crippen molar-refractivity contribution in [3.8, 4) is 5.88 Å². The molecule has 1 aliphatic rings. The van der Waals surface area contributed by atoms with Gasteiger partial charge in [0.15, 0.2) is 5.11 Å². The van der Waals surface area contributed by atoms with E-state index in [9.17, 15) is 4.79 Å². The first-order valence-electron chi connectivity index (χ1n) is 4.73. The lowest BCUT2D eigenvalue weighted by Gasteiger charge is -2.09. The second-order valence-electron chi connectivity index (χ2n) is 3.53. The van der Waals surface area contributed by atoms with E-state index in [-0.39, 0.29) is 5.91 Å². The van der Waals surface area contributed by atoms with Crippen LogP contribution in [0.25, 0.3) is 0 Å². The number of nitrogens with one attached hydrogen (secondary N) is 2. The first kappa shape index (κ1) is 10.9. The van der Waals surface area contributed by atoms with E-state index < -0.39 is 6.04 Å². The van der Waals surface area contributed by atoms with E-state index in [2.05, 4.69) is 15.7 Å². The third-order valence-corrected chi connectivity index (χ3v) is 2.69. The molecule has 1 fully saturated rings. The average molecular weight is 240 g/mol. The number of ether oxygens (including phenoxy) is 1. The third-order valence-electron chi connectivity index (χ3n) is 2.47. The van der Waals surface area contributed by atoms with Crippen LogP contribution in [-0.2, 0) is 11.8 Å². The summed E-state index contributed by atoms with van der Waals surface area (Å²) in [5.74, 6) is 0.384. The highest BCUT2D eigenvalue weighted by Crippen LogP contribution is 2.29. The molecular formula is C9H12N4O2S. The van der Waals surface area contributed by atoms with Gasteiger partial charge in [0, 0.05) is 7.05 Å². The van der Waals surface area contributed by atoms with E-state index in [0.29, 0.717) is 11.0 Å². The van der Waals surface area contributed by atoms with Crippen molar-refractivity contribution in [2.24, 2.45) is 7.05 Å². The van der Waals surface area contributed by atoms with Crippen molar-refractivity contribution in [3.63, 3.8) is 0 Å². The number of hydrogen-bond donors (Lipinski definition) is 2. The molecule has 1 atom stereocenters. The number of amides is 1. The van der Waals surface area contributed by atoms with Gasteiger partial charge in [-0.15, -0.1) is 0 Å². The monoisotopic (exact) mass is 240 g/mol. The molecule has 2 heterocycles. The SMILES string of the molecule is COc1c(C2NC(=S)NC2=O)c(C)nn1C. The Balaban J connectivity index is 2.47. The summed E-state index contributed by atoms with van der Waals surface area (Å²) in [6.07, 6.45) is 0. The van der Waals surface area contributed by atoms with Gasteiger partial charge in [0.1, 0.15) is 6.04 Å².